The van der Waals surface area contributed by atoms with Gasteiger partial charge in [0, 0.05) is 39.5 Å². The van der Waals surface area contributed by atoms with Gasteiger partial charge in [-0.15, -0.1) is 0 Å². The minimum absolute atomic E-state index is 0.106. The van der Waals surface area contributed by atoms with Crippen molar-refractivity contribution in [2.45, 2.75) is 32.9 Å². The number of carbonyl (C=O) groups is 1. The molecule has 2 aromatic carbocycles. The first-order valence-electron chi connectivity index (χ1n) is 12.1. The summed E-state index contributed by atoms with van der Waals surface area (Å²) < 4.78 is 2.22. The molecule has 1 aliphatic rings. The summed E-state index contributed by atoms with van der Waals surface area (Å²) in [5, 5.41) is 7.65. The van der Waals surface area contributed by atoms with E-state index in [0.717, 1.165) is 39.6 Å². The molecule has 0 saturated carbocycles. The Labute approximate surface area is 227 Å². The van der Waals surface area contributed by atoms with Crippen molar-refractivity contribution in [2.75, 3.05) is 11.9 Å². The molecule has 1 fully saturated rings. The lowest BCUT2D eigenvalue weighted by atomic mass is 9.93. The fourth-order valence-corrected chi connectivity index (χ4v) is 5.70. The van der Waals surface area contributed by atoms with E-state index in [4.69, 9.17) is 23.8 Å². The molecular formula is C29H28ClN5OS. The Hall–Kier alpha value is -3.68. The Balaban J connectivity index is 1.58. The van der Waals surface area contributed by atoms with Crippen molar-refractivity contribution in [1.29, 1.82) is 0 Å². The highest BCUT2D eigenvalue weighted by atomic mass is 35.5. The molecule has 4 aromatic rings. The van der Waals surface area contributed by atoms with E-state index >= 15 is 0 Å². The van der Waals surface area contributed by atoms with Gasteiger partial charge >= 0.3 is 0 Å². The lowest BCUT2D eigenvalue weighted by Gasteiger charge is -2.28. The van der Waals surface area contributed by atoms with E-state index in [9.17, 15) is 4.79 Å². The van der Waals surface area contributed by atoms with Crippen molar-refractivity contribution in [1.82, 2.24) is 19.8 Å². The maximum absolute atomic E-state index is 13.2. The average molecular weight is 530 g/mol. The van der Waals surface area contributed by atoms with Crippen LogP contribution < -0.4 is 10.6 Å². The van der Waals surface area contributed by atoms with Gasteiger partial charge in [-0.2, -0.15) is 0 Å². The summed E-state index contributed by atoms with van der Waals surface area (Å²) in [4.78, 5) is 19.8. The van der Waals surface area contributed by atoms with Gasteiger partial charge in [0.05, 0.1) is 17.8 Å². The van der Waals surface area contributed by atoms with E-state index in [2.05, 4.69) is 41.0 Å². The van der Waals surface area contributed by atoms with Gasteiger partial charge in [-0.05, 0) is 81.0 Å². The summed E-state index contributed by atoms with van der Waals surface area (Å²) in [7, 11) is 0. The summed E-state index contributed by atoms with van der Waals surface area (Å²) in [6.45, 7) is 6.44. The Morgan fingerprint density at radius 1 is 1.03 bits per heavy atom. The number of nitrogens with zero attached hydrogens (tertiary/aromatic N) is 3. The molecule has 0 aliphatic carbocycles. The minimum atomic E-state index is -0.233. The van der Waals surface area contributed by atoms with Crippen LogP contribution in [-0.2, 0) is 4.79 Å². The first-order valence-corrected chi connectivity index (χ1v) is 12.9. The zero-order chi connectivity index (χ0) is 26.1. The third-order valence-electron chi connectivity index (χ3n) is 6.94. The molecule has 0 spiro atoms. The Kier molecular flexibility index (Phi) is 7.00. The smallest absolute Gasteiger partial charge is 0.244 e. The predicted molar refractivity (Wildman–Crippen MR) is 152 cm³/mol. The first kappa shape index (κ1) is 25.0. The molecule has 1 amide bonds. The highest BCUT2D eigenvalue weighted by Crippen LogP contribution is 2.43. The molecule has 0 bridgehead atoms. The van der Waals surface area contributed by atoms with Crippen molar-refractivity contribution in [3.8, 4) is 5.69 Å². The van der Waals surface area contributed by atoms with Gasteiger partial charge < -0.3 is 20.1 Å². The monoisotopic (exact) mass is 529 g/mol. The average Bonchev–Trinajstić information content (AvgIpc) is 3.31. The highest BCUT2D eigenvalue weighted by molar-refractivity contribution is 7.80. The molecule has 6 nitrogen and oxygen atoms in total. The number of nitrogens with one attached hydrogen (secondary N) is 2. The molecule has 8 heteroatoms. The highest BCUT2D eigenvalue weighted by Gasteiger charge is 2.43. The molecule has 1 aliphatic heterocycles. The van der Waals surface area contributed by atoms with Crippen LogP contribution >= 0.6 is 23.8 Å². The molecule has 2 aromatic heterocycles. The number of pyridine rings is 1. The minimum Gasteiger partial charge on any atom is -0.352 e. The quantitative estimate of drug-likeness (QED) is 0.297. The molecule has 2 N–H and O–H groups in total. The van der Waals surface area contributed by atoms with Crippen LogP contribution in [0.5, 0.6) is 0 Å². The lowest BCUT2D eigenvalue weighted by Crippen LogP contribution is -2.37. The summed E-state index contributed by atoms with van der Waals surface area (Å²) in [6.07, 6.45) is 1.78. The lowest BCUT2D eigenvalue weighted by molar-refractivity contribution is -0.116. The Bertz CT molecular complexity index is 1450. The van der Waals surface area contributed by atoms with Gasteiger partial charge in [-0.25, -0.2) is 0 Å². The summed E-state index contributed by atoms with van der Waals surface area (Å²) in [5.74, 6) is -0.136. The fraction of sp³-hybridized carbons (Fsp3) is 0.207. The number of amides is 1. The van der Waals surface area contributed by atoms with E-state index in [1.165, 1.54) is 0 Å². The van der Waals surface area contributed by atoms with Crippen LogP contribution in [0.4, 0.5) is 5.69 Å². The van der Waals surface area contributed by atoms with Crippen LogP contribution in [-0.4, -0.2) is 32.0 Å². The largest absolute Gasteiger partial charge is 0.352 e. The number of carbonyl (C=O) groups excluding carboxylic acids is 1. The second-order valence-electron chi connectivity index (χ2n) is 9.19. The van der Waals surface area contributed by atoms with Crippen LogP contribution in [0.3, 0.4) is 0 Å². The fourth-order valence-electron chi connectivity index (χ4n) is 5.21. The van der Waals surface area contributed by atoms with Gasteiger partial charge in [0.2, 0.25) is 5.91 Å². The maximum Gasteiger partial charge on any atom is 0.244 e. The Morgan fingerprint density at radius 3 is 2.49 bits per heavy atom. The number of aromatic nitrogens is 2. The number of hydrogen-bond acceptors (Lipinski definition) is 3. The van der Waals surface area contributed by atoms with Gasteiger partial charge in [0.1, 0.15) is 6.54 Å². The molecule has 188 valence electrons. The molecule has 37 heavy (non-hydrogen) atoms. The van der Waals surface area contributed by atoms with Crippen molar-refractivity contribution >= 4 is 40.5 Å². The molecule has 5 rings (SSSR count). The van der Waals surface area contributed by atoms with Crippen molar-refractivity contribution < 1.29 is 4.79 Å². The molecular weight excluding hydrogens is 502 g/mol. The molecule has 3 heterocycles. The van der Waals surface area contributed by atoms with E-state index in [1.54, 1.807) is 6.20 Å². The third kappa shape index (κ3) is 4.84. The van der Waals surface area contributed by atoms with Crippen molar-refractivity contribution in [3.63, 3.8) is 0 Å². The first-order chi connectivity index (χ1) is 17.8. The molecule has 2 atom stereocenters. The zero-order valence-electron chi connectivity index (χ0n) is 20.9. The van der Waals surface area contributed by atoms with Crippen LogP contribution in [0, 0.1) is 20.8 Å². The molecule has 1 saturated heterocycles. The standard InChI is InChI=1S/C29H28ClN5OS/c1-18-19(2)35(23-13-9-10-21(30)16-23)20(3)26(18)28-27(24-14-7-8-15-31-24)33-29(37)34(28)17-25(36)32-22-11-5-4-6-12-22/h4-16,27-28H,17H2,1-3H3,(H,32,36)(H,33,37)/t27-,28-/m1/s1. The number of benzene rings is 2. The number of anilines is 1. The topological polar surface area (TPSA) is 62.2 Å². The summed E-state index contributed by atoms with van der Waals surface area (Å²) >= 11 is 12.1. The van der Waals surface area contributed by atoms with Gasteiger partial charge in [0.25, 0.3) is 0 Å². The van der Waals surface area contributed by atoms with Gasteiger partial charge in [0.15, 0.2) is 5.11 Å². The maximum atomic E-state index is 13.2. The van der Waals surface area contributed by atoms with Crippen molar-refractivity contribution in [2.24, 2.45) is 0 Å². The van der Waals surface area contributed by atoms with E-state index in [-0.39, 0.29) is 24.5 Å². The van der Waals surface area contributed by atoms with E-state index < -0.39 is 0 Å². The normalized spacial score (nSPS) is 17.1. The summed E-state index contributed by atoms with van der Waals surface area (Å²) in [6, 6.07) is 22.7. The SMILES string of the molecule is Cc1c([C@@H]2[C@@H](c3ccccn3)NC(=S)N2CC(=O)Nc2ccccc2)c(C)n(-c2cccc(Cl)c2)c1C. The van der Waals surface area contributed by atoms with Gasteiger partial charge in [-0.3, -0.25) is 9.78 Å². The van der Waals surface area contributed by atoms with Gasteiger partial charge in [-0.1, -0.05) is 41.9 Å². The third-order valence-corrected chi connectivity index (χ3v) is 7.53. The number of thiocarbonyl (C=S) groups is 1. The number of halogens is 1. The zero-order valence-corrected chi connectivity index (χ0v) is 22.5. The number of hydrogen-bond donors (Lipinski definition) is 2. The Morgan fingerprint density at radius 2 is 1.78 bits per heavy atom. The number of rotatable bonds is 6. The number of para-hydroxylation sites is 1. The molecule has 0 unspecified atom stereocenters. The van der Waals surface area contributed by atoms with Crippen LogP contribution in [0.25, 0.3) is 5.69 Å². The molecule has 0 radical (unpaired) electrons. The summed E-state index contributed by atoms with van der Waals surface area (Å²) in [5.41, 5.74) is 7.06. The van der Waals surface area contributed by atoms with Crippen LogP contribution in [0.1, 0.15) is 40.3 Å². The van der Waals surface area contributed by atoms with E-state index in [0.29, 0.717) is 10.1 Å². The second kappa shape index (κ2) is 10.4. The van der Waals surface area contributed by atoms with Crippen LogP contribution in [0.2, 0.25) is 5.02 Å². The van der Waals surface area contributed by atoms with Crippen molar-refractivity contribution in [3.05, 3.63) is 112 Å². The van der Waals surface area contributed by atoms with Crippen LogP contribution in [0.15, 0.2) is 79.0 Å². The van der Waals surface area contributed by atoms with E-state index in [1.807, 2.05) is 77.7 Å². The second-order valence-corrected chi connectivity index (χ2v) is 10.0. The predicted octanol–water partition coefficient (Wildman–Crippen LogP) is 6.06.